The number of hydrogen-bond donors (Lipinski definition) is 0. The quantitative estimate of drug-likeness (QED) is 0.305. The van der Waals surface area contributed by atoms with Gasteiger partial charge >= 0.3 is 5.97 Å². The van der Waals surface area contributed by atoms with Gasteiger partial charge in [0.1, 0.15) is 17.7 Å². The van der Waals surface area contributed by atoms with Crippen molar-refractivity contribution in [3.05, 3.63) is 45.5 Å². The zero-order valence-electron chi connectivity index (χ0n) is 14.7. The molecule has 0 aromatic heterocycles. The first-order chi connectivity index (χ1) is 12.6. The van der Waals surface area contributed by atoms with Crippen molar-refractivity contribution in [1.29, 1.82) is 5.26 Å². The van der Waals surface area contributed by atoms with Gasteiger partial charge in [-0.2, -0.15) is 5.26 Å². The van der Waals surface area contributed by atoms with Crippen molar-refractivity contribution in [3.8, 4) is 6.07 Å². The lowest BCUT2D eigenvalue weighted by Gasteiger charge is -2.12. The van der Waals surface area contributed by atoms with Gasteiger partial charge in [0.2, 0.25) is 0 Å². The molecule has 4 nitrogen and oxygen atoms in total. The molecule has 2 rings (SSSR count). The van der Waals surface area contributed by atoms with Crippen molar-refractivity contribution in [2.45, 2.75) is 27.1 Å². The highest BCUT2D eigenvalue weighted by molar-refractivity contribution is 6.31. The van der Waals surface area contributed by atoms with Gasteiger partial charge in [0.15, 0.2) is 23.3 Å². The molecule has 0 radical (unpaired) electrons. The van der Waals surface area contributed by atoms with Crippen molar-refractivity contribution >= 4 is 17.6 Å². The molecule has 1 aliphatic rings. The molecule has 1 fully saturated rings. The van der Waals surface area contributed by atoms with Crippen LogP contribution in [0, 0.1) is 51.9 Å². The minimum Gasteiger partial charge on any atom is -0.460 e. The number of carbonyl (C=O) groups excluding carboxylic acids is 1. The van der Waals surface area contributed by atoms with Crippen LogP contribution in [0.15, 0.2) is 11.1 Å². The number of rotatable bonds is 6. The average molecular weight is 406 g/mol. The first kappa shape index (κ1) is 21.2. The van der Waals surface area contributed by atoms with Crippen LogP contribution in [0.4, 0.5) is 17.6 Å². The summed E-state index contributed by atoms with van der Waals surface area (Å²) in [5.74, 6) is -8.41. The zero-order valence-corrected chi connectivity index (χ0v) is 15.5. The van der Waals surface area contributed by atoms with Gasteiger partial charge in [-0.3, -0.25) is 4.79 Å². The summed E-state index contributed by atoms with van der Waals surface area (Å²) in [6.45, 7) is 1.81. The van der Waals surface area contributed by atoms with Gasteiger partial charge in [0.05, 0.1) is 23.7 Å². The lowest BCUT2D eigenvalue weighted by atomic mass is 10.1. The lowest BCUT2D eigenvalue weighted by molar-refractivity contribution is -0.147. The monoisotopic (exact) mass is 405 g/mol. The van der Waals surface area contributed by atoms with E-state index >= 15 is 0 Å². The Bertz CT molecular complexity index is 819. The molecule has 0 heterocycles. The number of nitriles is 1. The summed E-state index contributed by atoms with van der Waals surface area (Å²) in [6, 6.07) is 1.72. The number of esters is 1. The fraction of sp³-hybridized carbons (Fsp3) is 0.444. The van der Waals surface area contributed by atoms with E-state index in [-0.39, 0.29) is 5.03 Å². The average Bonchev–Trinajstić information content (AvgIpc) is 3.16. The van der Waals surface area contributed by atoms with Gasteiger partial charge in [0.25, 0.3) is 0 Å². The van der Waals surface area contributed by atoms with E-state index in [1.165, 1.54) is 6.08 Å². The molecule has 1 aromatic rings. The van der Waals surface area contributed by atoms with Crippen LogP contribution >= 0.6 is 11.6 Å². The number of carbonyl (C=O) groups is 1. The fourth-order valence-corrected chi connectivity index (χ4v) is 3.12. The van der Waals surface area contributed by atoms with Gasteiger partial charge in [-0.05, 0) is 11.3 Å². The maximum absolute atomic E-state index is 14.0. The topological polar surface area (TPSA) is 59.3 Å². The standard InChI is InChI=1S/C18H16ClF4NO3/c1-18(2)11(4-8(19)5-24)12(18)17(25)27-7-10-15(22)13(20)9(6-26-3)14(21)16(10)23/h4,11-12H,6-7H2,1-3H3/b8-4-/t11-,12-/m0/s1. The third kappa shape index (κ3) is 3.94. The molecule has 0 amide bonds. The summed E-state index contributed by atoms with van der Waals surface area (Å²) < 4.78 is 65.3. The SMILES string of the molecule is COCc1c(F)c(F)c(COC(=O)[C@@H]2[C@H](/C=C(\Cl)C#N)C2(C)C)c(F)c1F. The highest BCUT2D eigenvalue weighted by atomic mass is 35.5. The number of hydrogen-bond acceptors (Lipinski definition) is 4. The van der Waals surface area contributed by atoms with E-state index in [0.717, 1.165) is 7.11 Å². The lowest BCUT2D eigenvalue weighted by Crippen LogP contribution is -2.15. The molecule has 0 unspecified atom stereocenters. The Hall–Kier alpha value is -2.11. The van der Waals surface area contributed by atoms with Gasteiger partial charge in [-0.1, -0.05) is 31.5 Å². The molecular weight excluding hydrogens is 390 g/mol. The molecule has 1 aliphatic carbocycles. The second-order valence-electron chi connectivity index (χ2n) is 6.70. The van der Waals surface area contributed by atoms with E-state index in [1.54, 1.807) is 19.9 Å². The largest absolute Gasteiger partial charge is 0.460 e. The number of benzene rings is 1. The van der Waals surface area contributed by atoms with Gasteiger partial charge in [-0.25, -0.2) is 17.6 Å². The minimum atomic E-state index is -1.65. The van der Waals surface area contributed by atoms with Crippen molar-refractivity contribution in [2.24, 2.45) is 17.3 Å². The first-order valence-electron chi connectivity index (χ1n) is 7.84. The van der Waals surface area contributed by atoms with E-state index in [4.69, 9.17) is 21.6 Å². The van der Waals surface area contributed by atoms with Gasteiger partial charge in [-0.15, -0.1) is 0 Å². The first-order valence-corrected chi connectivity index (χ1v) is 8.22. The van der Waals surface area contributed by atoms with E-state index in [1.807, 2.05) is 0 Å². The highest BCUT2D eigenvalue weighted by Crippen LogP contribution is 2.60. The van der Waals surface area contributed by atoms with E-state index in [2.05, 4.69) is 4.74 Å². The molecule has 0 N–H and O–H groups in total. The van der Waals surface area contributed by atoms with Crippen LogP contribution in [0.25, 0.3) is 0 Å². The third-order valence-electron chi connectivity index (χ3n) is 4.69. The Morgan fingerprint density at radius 1 is 1.15 bits per heavy atom. The Kier molecular flexibility index (Phi) is 6.17. The van der Waals surface area contributed by atoms with Crippen LogP contribution in [0.3, 0.4) is 0 Å². The summed E-state index contributed by atoms with van der Waals surface area (Å²) >= 11 is 5.64. The van der Waals surface area contributed by atoms with Crippen molar-refractivity contribution in [2.75, 3.05) is 7.11 Å². The Labute approximate surface area is 158 Å². The number of allylic oxidation sites excluding steroid dienone is 2. The summed E-state index contributed by atoms with van der Waals surface area (Å²) in [6.07, 6.45) is 1.40. The van der Waals surface area contributed by atoms with Crippen molar-refractivity contribution in [3.63, 3.8) is 0 Å². The summed E-state index contributed by atoms with van der Waals surface area (Å²) in [7, 11) is 1.12. The van der Waals surface area contributed by atoms with E-state index in [9.17, 15) is 22.4 Å². The maximum Gasteiger partial charge on any atom is 0.310 e. The zero-order chi connectivity index (χ0) is 20.5. The fourth-order valence-electron chi connectivity index (χ4n) is 2.99. The molecule has 0 spiro atoms. The van der Waals surface area contributed by atoms with Crippen LogP contribution in [0.2, 0.25) is 0 Å². The van der Waals surface area contributed by atoms with Gasteiger partial charge in [0, 0.05) is 7.11 Å². The van der Waals surface area contributed by atoms with Crippen LogP contribution in [-0.4, -0.2) is 13.1 Å². The third-order valence-corrected chi connectivity index (χ3v) is 4.90. The normalized spacial score (nSPS) is 20.9. The molecule has 0 aliphatic heterocycles. The van der Waals surface area contributed by atoms with Crippen LogP contribution in [0.5, 0.6) is 0 Å². The van der Waals surface area contributed by atoms with Crippen LogP contribution in [-0.2, 0) is 27.5 Å². The molecule has 1 saturated carbocycles. The number of halogens is 5. The van der Waals surface area contributed by atoms with Crippen LogP contribution < -0.4 is 0 Å². The Morgan fingerprint density at radius 3 is 2.07 bits per heavy atom. The van der Waals surface area contributed by atoms with Gasteiger partial charge < -0.3 is 9.47 Å². The molecule has 2 atom stereocenters. The molecule has 1 aromatic carbocycles. The maximum atomic E-state index is 14.0. The predicted molar refractivity (Wildman–Crippen MR) is 87.1 cm³/mol. The highest BCUT2D eigenvalue weighted by Gasteiger charge is 2.61. The second-order valence-corrected chi connectivity index (χ2v) is 7.11. The number of ether oxygens (including phenoxy) is 2. The Balaban J connectivity index is 2.18. The molecular formula is C18H16ClF4NO3. The molecule has 9 heteroatoms. The number of methoxy groups -OCH3 is 1. The Morgan fingerprint density at radius 2 is 1.63 bits per heavy atom. The smallest absolute Gasteiger partial charge is 0.310 e. The molecule has 27 heavy (non-hydrogen) atoms. The van der Waals surface area contributed by atoms with E-state index in [0.29, 0.717) is 0 Å². The second kappa shape index (κ2) is 7.87. The summed E-state index contributed by atoms with van der Waals surface area (Å²) in [4.78, 5) is 12.2. The molecule has 146 valence electrons. The van der Waals surface area contributed by atoms with Crippen molar-refractivity contribution in [1.82, 2.24) is 0 Å². The summed E-state index contributed by atoms with van der Waals surface area (Å²) in [5, 5.41) is 8.60. The molecule has 0 saturated heterocycles. The van der Waals surface area contributed by atoms with E-state index < -0.39 is 70.8 Å². The minimum absolute atomic E-state index is 0.0988. The molecule has 0 bridgehead atoms. The summed E-state index contributed by atoms with van der Waals surface area (Å²) in [5.41, 5.74) is -2.50. The van der Waals surface area contributed by atoms with Crippen LogP contribution in [0.1, 0.15) is 25.0 Å². The number of nitrogens with zero attached hydrogens (tertiary/aromatic N) is 1. The predicted octanol–water partition coefficient (Wildman–Crippen LogP) is 4.35. The van der Waals surface area contributed by atoms with Crippen molar-refractivity contribution < 1.29 is 31.8 Å².